The molecule has 10 heteroatoms. The zero-order valence-corrected chi connectivity index (χ0v) is 31.6. The van der Waals surface area contributed by atoms with E-state index in [4.69, 9.17) is 21.4 Å². The summed E-state index contributed by atoms with van der Waals surface area (Å²) in [5.41, 5.74) is 3.87. The molecule has 2 aliphatic rings. The van der Waals surface area contributed by atoms with Crippen LogP contribution in [0.4, 0.5) is 5.69 Å². The number of amides is 1. The van der Waals surface area contributed by atoms with Gasteiger partial charge in [0, 0.05) is 63.8 Å². The monoisotopic (exact) mass is 706 g/mol. The van der Waals surface area contributed by atoms with Gasteiger partial charge in [0.15, 0.2) is 0 Å². The Kier molecular flexibility index (Phi) is 16.0. The largest absolute Gasteiger partial charge is 0.491 e. The maximum absolute atomic E-state index is 13.1. The molecule has 1 amide bonds. The molecule has 2 aromatic carbocycles. The second kappa shape index (κ2) is 19.1. The Morgan fingerprint density at radius 3 is 2.45 bits per heavy atom. The van der Waals surface area contributed by atoms with Gasteiger partial charge in [0.25, 0.3) is 5.91 Å². The molecule has 1 fully saturated rings. The average Bonchev–Trinajstić information content (AvgIpc) is 3.21. The molecule has 262 valence electrons. The van der Waals surface area contributed by atoms with Crippen molar-refractivity contribution >= 4 is 45.0 Å². The highest BCUT2D eigenvalue weighted by Gasteiger charge is 2.39. The van der Waals surface area contributed by atoms with Crippen LogP contribution >= 0.6 is 11.6 Å². The van der Waals surface area contributed by atoms with Gasteiger partial charge in [-0.3, -0.25) is 13.7 Å². The fraction of sp³-hybridized carbons (Fsp3) is 0.595. The number of fused-ring (bicyclic) bond motifs is 1. The van der Waals surface area contributed by atoms with Crippen LogP contribution in [0.2, 0.25) is 5.02 Å². The Morgan fingerprint density at radius 2 is 1.83 bits per heavy atom. The number of rotatable bonds is 14. The van der Waals surface area contributed by atoms with Gasteiger partial charge >= 0.3 is 0 Å². The number of aryl methyl sites for hydroxylation is 1. The number of allylic oxidation sites excluding steroid dienone is 2. The molecule has 1 saturated carbocycles. The van der Waals surface area contributed by atoms with E-state index in [1.807, 2.05) is 45.9 Å². The average molecular weight is 707 g/mol. The molecule has 1 heterocycles. The van der Waals surface area contributed by atoms with Crippen molar-refractivity contribution in [1.29, 1.82) is 0 Å². The Labute approximate surface area is 292 Å². The number of hydrogen-bond acceptors (Lipinski definition) is 6. The number of aliphatic hydroxyl groups excluding tert-OH is 1. The van der Waals surface area contributed by atoms with Gasteiger partial charge in [0.2, 0.25) is 0 Å². The molecule has 6 atom stereocenters. The van der Waals surface area contributed by atoms with Gasteiger partial charge in [-0.15, -0.1) is 0 Å². The van der Waals surface area contributed by atoms with Gasteiger partial charge in [0.05, 0.1) is 12.3 Å². The molecule has 0 saturated heterocycles. The van der Waals surface area contributed by atoms with E-state index in [1.165, 1.54) is 11.1 Å². The van der Waals surface area contributed by atoms with Crippen molar-refractivity contribution in [2.24, 2.45) is 17.8 Å². The van der Waals surface area contributed by atoms with E-state index in [2.05, 4.69) is 47.8 Å². The van der Waals surface area contributed by atoms with Crippen LogP contribution in [0.25, 0.3) is 0 Å². The van der Waals surface area contributed by atoms with Crippen LogP contribution < -0.4 is 14.4 Å². The number of aliphatic hydroxyl groups is 1. The van der Waals surface area contributed by atoms with Gasteiger partial charge in [-0.1, -0.05) is 63.9 Å². The molecule has 0 radical (unpaired) electrons. The number of hydrogen-bond donors (Lipinski definition) is 2. The summed E-state index contributed by atoms with van der Waals surface area (Å²) < 4.78 is 34.5. The molecule has 0 spiro atoms. The third-order valence-electron chi connectivity index (χ3n) is 9.11. The number of nitrogens with zero attached hydrogens (tertiary/aromatic N) is 1. The third kappa shape index (κ3) is 10.6. The van der Waals surface area contributed by atoms with Crippen molar-refractivity contribution in [3.05, 3.63) is 70.3 Å². The first-order chi connectivity index (χ1) is 22.5. The summed E-state index contributed by atoms with van der Waals surface area (Å²) in [5, 5.41) is 7.71. The molecule has 1 aliphatic heterocycles. The first-order valence-electron chi connectivity index (χ1n) is 17.0. The predicted octanol–water partition coefficient (Wildman–Crippen LogP) is 7.45. The molecule has 7 nitrogen and oxygen atoms in total. The molecule has 2 aromatic rings. The molecule has 0 bridgehead atoms. The van der Waals surface area contributed by atoms with Crippen molar-refractivity contribution < 1.29 is 23.1 Å². The van der Waals surface area contributed by atoms with E-state index >= 15 is 0 Å². The lowest BCUT2D eigenvalue weighted by Gasteiger charge is -2.44. The second-order valence-electron chi connectivity index (χ2n) is 13.1. The van der Waals surface area contributed by atoms with E-state index in [9.17, 15) is 13.2 Å². The normalized spacial score (nSPS) is 21.2. The van der Waals surface area contributed by atoms with Crippen molar-refractivity contribution in [3.63, 3.8) is 0 Å². The molecule has 47 heavy (non-hydrogen) atoms. The fourth-order valence-corrected chi connectivity index (χ4v) is 8.26. The summed E-state index contributed by atoms with van der Waals surface area (Å²) in [5.74, 6) is 2.37. The van der Waals surface area contributed by atoms with Crippen LogP contribution in [0.3, 0.4) is 0 Å². The maximum Gasteiger partial charge on any atom is 0.263 e. The van der Waals surface area contributed by atoms with E-state index in [0.29, 0.717) is 29.8 Å². The topological polar surface area (TPSA) is 95.9 Å². The third-order valence-corrected chi connectivity index (χ3v) is 12.4. The summed E-state index contributed by atoms with van der Waals surface area (Å²) in [6.45, 7) is 14.1. The van der Waals surface area contributed by atoms with E-state index in [0.717, 1.165) is 68.8 Å². The molecule has 2 N–H and O–H groups in total. The van der Waals surface area contributed by atoms with Crippen LogP contribution in [-0.4, -0.2) is 62.5 Å². The molecule has 1 aliphatic carbocycles. The van der Waals surface area contributed by atoms with Crippen molar-refractivity contribution in [3.8, 4) is 5.75 Å². The van der Waals surface area contributed by atoms with Gasteiger partial charge in [-0.05, 0) is 98.7 Å². The Morgan fingerprint density at radius 1 is 1.09 bits per heavy atom. The zero-order valence-electron chi connectivity index (χ0n) is 29.2. The van der Waals surface area contributed by atoms with Gasteiger partial charge in [-0.2, -0.15) is 0 Å². The fourth-order valence-electron chi connectivity index (χ4n) is 6.41. The molecule has 0 aromatic heterocycles. The molecular weight excluding hydrogens is 652 g/mol. The lowest BCUT2D eigenvalue weighted by atomic mass is 9.67. The van der Waals surface area contributed by atoms with Crippen LogP contribution in [0.15, 0.2) is 48.6 Å². The standard InChI is InChI=1S/C36H51ClN2O4S2.CH4O/c1-7-9-11-29(23-44(41)24(3)4)33-15-12-28(33)20-39-21-30(32-16-14-31(37)18-26(32)10-8-2)22-43-35-17-13-27(19-34(35)39)36(40)38-45(42)25(5)6;1-2/h9,11,13-14,16-19,24-25,28-30,33H,7-8,10,12,15,20-23H2,1-6H3,(H,38,40);2H,1H3/b11-9+;. The van der Waals surface area contributed by atoms with Crippen molar-refractivity contribution in [2.45, 2.75) is 90.1 Å². The highest BCUT2D eigenvalue weighted by atomic mass is 35.5. The summed E-state index contributed by atoms with van der Waals surface area (Å²) in [6.07, 6.45) is 9.71. The minimum atomic E-state index is -1.46. The van der Waals surface area contributed by atoms with Crippen LogP contribution in [0.5, 0.6) is 5.75 Å². The Hall–Kier alpha value is -2.20. The summed E-state index contributed by atoms with van der Waals surface area (Å²) >= 11 is 6.43. The quantitative estimate of drug-likeness (QED) is 0.198. The highest BCUT2D eigenvalue weighted by molar-refractivity contribution is 7.85. The Balaban J connectivity index is 0.00000294. The van der Waals surface area contributed by atoms with E-state index < -0.39 is 21.8 Å². The number of carbonyl (C=O) groups is 1. The minimum absolute atomic E-state index is 0.115. The lowest BCUT2D eigenvalue weighted by Crippen LogP contribution is -2.43. The van der Waals surface area contributed by atoms with Crippen LogP contribution in [0, 0.1) is 17.8 Å². The molecule has 6 unspecified atom stereocenters. The number of nitrogens with one attached hydrogen (secondary N) is 1. The number of carbonyl (C=O) groups excluding carboxylic acids is 1. The van der Waals surface area contributed by atoms with Crippen molar-refractivity contribution in [2.75, 3.05) is 37.5 Å². The number of benzene rings is 2. The first kappa shape index (κ1) is 39.2. The number of anilines is 1. The minimum Gasteiger partial charge on any atom is -0.491 e. The zero-order chi connectivity index (χ0) is 34.7. The van der Waals surface area contributed by atoms with Gasteiger partial charge in [-0.25, -0.2) is 4.21 Å². The number of halogens is 1. The summed E-state index contributed by atoms with van der Waals surface area (Å²) in [4.78, 5) is 15.6. The second-order valence-corrected chi connectivity index (χ2v) is 17.3. The lowest BCUT2D eigenvalue weighted by molar-refractivity contribution is 0.0982. The summed E-state index contributed by atoms with van der Waals surface area (Å²) in [6, 6.07) is 11.7. The van der Waals surface area contributed by atoms with E-state index in [-0.39, 0.29) is 28.2 Å². The smallest absolute Gasteiger partial charge is 0.263 e. The predicted molar refractivity (Wildman–Crippen MR) is 199 cm³/mol. The maximum atomic E-state index is 13.1. The van der Waals surface area contributed by atoms with E-state index in [1.54, 1.807) is 6.07 Å². The summed E-state index contributed by atoms with van der Waals surface area (Å²) in [7, 11) is -1.34. The van der Waals surface area contributed by atoms with Gasteiger partial charge in [0.1, 0.15) is 16.7 Å². The van der Waals surface area contributed by atoms with Crippen LogP contribution in [0.1, 0.15) is 94.6 Å². The molecular formula is C37H55ClN2O5S2. The van der Waals surface area contributed by atoms with Gasteiger partial charge < -0.3 is 14.7 Å². The van der Waals surface area contributed by atoms with Crippen LogP contribution in [-0.2, 0) is 28.2 Å². The first-order valence-corrected chi connectivity index (χ1v) is 20.0. The highest BCUT2D eigenvalue weighted by Crippen LogP contribution is 2.44. The SMILES string of the molecule is CC/C=C/C(CS(=O)C(C)C)C1CCC1CN1CC(c2ccc(Cl)cc2CCC)COc2ccc(C(=O)NS(=O)C(C)C)cc21.CO. The van der Waals surface area contributed by atoms with Crippen molar-refractivity contribution in [1.82, 2.24) is 4.72 Å². The Bertz CT molecular complexity index is 1400. The molecule has 4 rings (SSSR count). The number of ether oxygens (including phenoxy) is 1.